The molecule has 0 radical (unpaired) electrons. The first-order chi connectivity index (χ1) is 8.50. The van der Waals surface area contributed by atoms with Crippen molar-refractivity contribution in [1.29, 1.82) is 0 Å². The molecule has 0 saturated heterocycles. The van der Waals surface area contributed by atoms with Crippen LogP contribution in [-0.4, -0.2) is 20.9 Å². The van der Waals surface area contributed by atoms with E-state index in [9.17, 15) is 4.79 Å². The van der Waals surface area contributed by atoms with E-state index in [1.165, 1.54) is 4.68 Å². The van der Waals surface area contributed by atoms with Crippen LogP contribution in [0, 0.1) is 6.92 Å². The van der Waals surface area contributed by atoms with E-state index in [1.807, 2.05) is 0 Å². The minimum absolute atomic E-state index is 0.0393. The number of nitrogens with zero attached hydrogens (tertiary/aromatic N) is 2. The van der Waals surface area contributed by atoms with Gasteiger partial charge in [-0.15, -0.1) is 0 Å². The molecule has 0 aliphatic rings. The Morgan fingerprint density at radius 3 is 2.72 bits per heavy atom. The zero-order chi connectivity index (χ0) is 13.3. The van der Waals surface area contributed by atoms with Crippen LogP contribution in [0.5, 0.6) is 11.6 Å². The van der Waals surface area contributed by atoms with Crippen LogP contribution >= 0.6 is 11.6 Å². The molecule has 1 N–H and O–H groups in total. The molecule has 2 aromatic rings. The number of ether oxygens (including phenoxy) is 1. The summed E-state index contributed by atoms with van der Waals surface area (Å²) < 4.78 is 6.92. The third kappa shape index (κ3) is 2.17. The van der Waals surface area contributed by atoms with Gasteiger partial charge in [0.1, 0.15) is 11.3 Å². The van der Waals surface area contributed by atoms with Gasteiger partial charge in [-0.3, -0.25) is 0 Å². The Balaban J connectivity index is 2.47. The maximum Gasteiger partial charge on any atom is 0.343 e. The molecule has 0 bridgehead atoms. The van der Waals surface area contributed by atoms with Gasteiger partial charge in [0.15, 0.2) is 0 Å². The van der Waals surface area contributed by atoms with Gasteiger partial charge in [0.05, 0.1) is 10.7 Å². The second-order valence-electron chi connectivity index (χ2n) is 3.73. The zero-order valence-corrected chi connectivity index (χ0v) is 10.6. The SMILES string of the molecule is Cc1nn(C)c(Oc2ccccc2Cl)c1C(=O)O. The fourth-order valence-corrected chi connectivity index (χ4v) is 1.81. The molecule has 1 heterocycles. The van der Waals surface area contributed by atoms with Crippen LogP contribution in [-0.2, 0) is 7.05 Å². The van der Waals surface area contributed by atoms with E-state index in [0.717, 1.165) is 0 Å². The van der Waals surface area contributed by atoms with Gasteiger partial charge in [-0.1, -0.05) is 23.7 Å². The molecule has 2 rings (SSSR count). The minimum Gasteiger partial charge on any atom is -0.477 e. The molecule has 6 heteroatoms. The molecule has 0 aliphatic heterocycles. The summed E-state index contributed by atoms with van der Waals surface area (Å²) in [4.78, 5) is 11.2. The number of rotatable bonds is 3. The number of carbonyl (C=O) groups is 1. The topological polar surface area (TPSA) is 64.4 Å². The monoisotopic (exact) mass is 266 g/mol. The molecule has 0 aliphatic carbocycles. The fraction of sp³-hybridized carbons (Fsp3) is 0.167. The highest BCUT2D eigenvalue weighted by Gasteiger charge is 2.22. The molecule has 0 unspecified atom stereocenters. The maximum atomic E-state index is 11.2. The summed E-state index contributed by atoms with van der Waals surface area (Å²) >= 11 is 5.96. The number of benzene rings is 1. The third-order valence-corrected chi connectivity index (χ3v) is 2.74. The molecular formula is C12H11ClN2O3. The van der Waals surface area contributed by atoms with Crippen molar-refractivity contribution < 1.29 is 14.6 Å². The lowest BCUT2D eigenvalue weighted by molar-refractivity contribution is 0.0693. The van der Waals surface area contributed by atoms with Crippen molar-refractivity contribution in [3.63, 3.8) is 0 Å². The molecule has 1 aromatic carbocycles. The number of halogens is 1. The molecule has 0 fully saturated rings. The van der Waals surface area contributed by atoms with Crippen molar-refractivity contribution >= 4 is 17.6 Å². The van der Waals surface area contributed by atoms with E-state index in [2.05, 4.69) is 5.10 Å². The first-order valence-electron chi connectivity index (χ1n) is 5.20. The molecule has 0 atom stereocenters. The summed E-state index contributed by atoms with van der Waals surface area (Å²) in [5.41, 5.74) is 0.435. The summed E-state index contributed by atoms with van der Waals surface area (Å²) in [6.07, 6.45) is 0. The van der Waals surface area contributed by atoms with Crippen molar-refractivity contribution in [2.45, 2.75) is 6.92 Å². The quantitative estimate of drug-likeness (QED) is 0.928. The van der Waals surface area contributed by atoms with Crippen LogP contribution in [0.2, 0.25) is 5.02 Å². The Labute approximate surface area is 109 Å². The highest BCUT2D eigenvalue weighted by molar-refractivity contribution is 6.32. The summed E-state index contributed by atoms with van der Waals surface area (Å²) in [6, 6.07) is 6.85. The lowest BCUT2D eigenvalue weighted by Gasteiger charge is -2.08. The predicted molar refractivity (Wildman–Crippen MR) is 66.4 cm³/mol. The number of carboxylic acid groups (broad SMARTS) is 1. The van der Waals surface area contributed by atoms with Crippen LogP contribution in [0.15, 0.2) is 24.3 Å². The second-order valence-corrected chi connectivity index (χ2v) is 4.13. The molecule has 0 amide bonds. The number of aromatic carboxylic acids is 1. The molecule has 5 nitrogen and oxygen atoms in total. The Kier molecular flexibility index (Phi) is 3.25. The molecule has 0 saturated carbocycles. The van der Waals surface area contributed by atoms with Gasteiger partial charge < -0.3 is 9.84 Å². The summed E-state index contributed by atoms with van der Waals surface area (Å²) in [5.74, 6) is -0.527. The van der Waals surface area contributed by atoms with Gasteiger partial charge in [0.25, 0.3) is 0 Å². The van der Waals surface area contributed by atoms with Gasteiger partial charge in [0, 0.05) is 7.05 Å². The van der Waals surface area contributed by atoms with Crippen LogP contribution in [0.1, 0.15) is 16.1 Å². The minimum atomic E-state index is -1.08. The molecule has 0 spiro atoms. The smallest absolute Gasteiger partial charge is 0.343 e. The average molecular weight is 267 g/mol. The van der Waals surface area contributed by atoms with Crippen LogP contribution in [0.4, 0.5) is 0 Å². The lowest BCUT2D eigenvalue weighted by Crippen LogP contribution is -2.02. The van der Waals surface area contributed by atoms with Crippen molar-refractivity contribution in [3.8, 4) is 11.6 Å². The molecule has 1 aromatic heterocycles. The molecule has 18 heavy (non-hydrogen) atoms. The lowest BCUT2D eigenvalue weighted by atomic mass is 10.2. The van der Waals surface area contributed by atoms with E-state index in [4.69, 9.17) is 21.4 Å². The number of para-hydroxylation sites is 1. The standard InChI is InChI=1S/C12H11ClN2O3/c1-7-10(12(16)17)11(15(2)14-7)18-9-6-4-3-5-8(9)13/h3-6H,1-2H3,(H,16,17). The fourth-order valence-electron chi connectivity index (χ4n) is 1.63. The van der Waals surface area contributed by atoms with Gasteiger partial charge in [0.2, 0.25) is 5.88 Å². The van der Waals surface area contributed by atoms with Gasteiger partial charge in [-0.05, 0) is 19.1 Å². The van der Waals surface area contributed by atoms with Crippen molar-refractivity contribution in [3.05, 3.63) is 40.5 Å². The van der Waals surface area contributed by atoms with Crippen LogP contribution in [0.3, 0.4) is 0 Å². The van der Waals surface area contributed by atoms with Crippen molar-refractivity contribution in [2.24, 2.45) is 7.05 Å². The zero-order valence-electron chi connectivity index (χ0n) is 9.85. The van der Waals surface area contributed by atoms with Gasteiger partial charge in [-0.2, -0.15) is 5.10 Å². The highest BCUT2D eigenvalue weighted by atomic mass is 35.5. The van der Waals surface area contributed by atoms with E-state index in [-0.39, 0.29) is 11.4 Å². The maximum absolute atomic E-state index is 11.2. The van der Waals surface area contributed by atoms with E-state index in [0.29, 0.717) is 16.5 Å². The number of aromatic nitrogens is 2. The third-order valence-electron chi connectivity index (χ3n) is 2.43. The Morgan fingerprint density at radius 2 is 2.11 bits per heavy atom. The summed E-state index contributed by atoms with van der Waals surface area (Å²) in [5, 5.41) is 13.6. The number of carboxylic acids is 1. The largest absolute Gasteiger partial charge is 0.477 e. The highest BCUT2D eigenvalue weighted by Crippen LogP contribution is 2.31. The molecule has 94 valence electrons. The predicted octanol–water partition coefficient (Wildman–Crippen LogP) is 2.87. The summed E-state index contributed by atoms with van der Waals surface area (Å²) in [6.45, 7) is 1.61. The second kappa shape index (κ2) is 4.70. The van der Waals surface area contributed by atoms with E-state index >= 15 is 0 Å². The van der Waals surface area contributed by atoms with E-state index in [1.54, 1.807) is 38.2 Å². The Bertz CT molecular complexity index is 607. The normalized spacial score (nSPS) is 10.4. The Hall–Kier alpha value is -2.01. The average Bonchev–Trinajstić information content (AvgIpc) is 2.57. The summed E-state index contributed by atoms with van der Waals surface area (Å²) in [7, 11) is 1.62. The van der Waals surface area contributed by atoms with E-state index < -0.39 is 5.97 Å². The first-order valence-corrected chi connectivity index (χ1v) is 5.57. The van der Waals surface area contributed by atoms with Gasteiger partial charge in [-0.25, -0.2) is 9.48 Å². The molecular weight excluding hydrogens is 256 g/mol. The first kappa shape index (κ1) is 12.4. The van der Waals surface area contributed by atoms with Crippen LogP contribution < -0.4 is 4.74 Å². The number of hydrogen-bond donors (Lipinski definition) is 1. The number of hydrogen-bond acceptors (Lipinski definition) is 3. The Morgan fingerprint density at radius 1 is 1.44 bits per heavy atom. The van der Waals surface area contributed by atoms with Crippen molar-refractivity contribution in [1.82, 2.24) is 9.78 Å². The van der Waals surface area contributed by atoms with Gasteiger partial charge >= 0.3 is 5.97 Å². The van der Waals surface area contributed by atoms with Crippen molar-refractivity contribution in [2.75, 3.05) is 0 Å². The number of aryl methyl sites for hydroxylation is 2. The van der Waals surface area contributed by atoms with Crippen LogP contribution in [0.25, 0.3) is 0 Å².